The van der Waals surface area contributed by atoms with Crippen LogP contribution in [-0.4, -0.2) is 4.99 Å². The van der Waals surface area contributed by atoms with Crippen LogP contribution in [0.3, 0.4) is 0 Å². The second kappa shape index (κ2) is 3.46. The molecule has 0 atom stereocenters. The summed E-state index contributed by atoms with van der Waals surface area (Å²) < 4.78 is 0. The van der Waals surface area contributed by atoms with E-state index in [2.05, 4.69) is 5.43 Å². The summed E-state index contributed by atoms with van der Waals surface area (Å²) in [6.45, 7) is 2.03. The molecule has 58 valence electrons. The van der Waals surface area contributed by atoms with Crippen LogP contribution in [0.1, 0.15) is 11.1 Å². The molecule has 0 radical (unpaired) electrons. The Balaban J connectivity index is 2.90. The molecule has 0 aliphatic rings. The third-order valence-electron chi connectivity index (χ3n) is 1.44. The molecule has 0 saturated carbocycles. The SMILES string of the molecule is Cc1ccc(C(=S)NN)cc1. The molecule has 3 heteroatoms. The monoisotopic (exact) mass is 166 g/mol. The number of hydrogen-bond acceptors (Lipinski definition) is 2. The lowest BCUT2D eigenvalue weighted by molar-refractivity contribution is 1.05. The van der Waals surface area contributed by atoms with Gasteiger partial charge < -0.3 is 5.43 Å². The van der Waals surface area contributed by atoms with Gasteiger partial charge in [-0.15, -0.1) is 0 Å². The van der Waals surface area contributed by atoms with Crippen LogP contribution in [0.2, 0.25) is 0 Å². The zero-order valence-corrected chi connectivity index (χ0v) is 7.11. The first-order chi connectivity index (χ1) is 5.24. The third-order valence-corrected chi connectivity index (χ3v) is 1.80. The molecule has 1 aromatic carbocycles. The highest BCUT2D eigenvalue weighted by Crippen LogP contribution is 2.02. The lowest BCUT2D eigenvalue weighted by atomic mass is 10.1. The van der Waals surface area contributed by atoms with Crippen molar-refractivity contribution in [3.8, 4) is 0 Å². The van der Waals surface area contributed by atoms with E-state index >= 15 is 0 Å². The Kier molecular flexibility index (Phi) is 2.57. The van der Waals surface area contributed by atoms with Crippen LogP contribution in [0.25, 0.3) is 0 Å². The molecular weight excluding hydrogens is 156 g/mol. The summed E-state index contributed by atoms with van der Waals surface area (Å²) in [6.07, 6.45) is 0. The van der Waals surface area contributed by atoms with Crippen molar-refractivity contribution in [1.29, 1.82) is 0 Å². The van der Waals surface area contributed by atoms with E-state index in [0.717, 1.165) is 5.56 Å². The first kappa shape index (κ1) is 8.17. The maximum Gasteiger partial charge on any atom is 0.120 e. The molecule has 0 unspecified atom stereocenters. The van der Waals surface area contributed by atoms with Gasteiger partial charge in [0.25, 0.3) is 0 Å². The van der Waals surface area contributed by atoms with Crippen molar-refractivity contribution in [2.75, 3.05) is 0 Å². The highest BCUT2D eigenvalue weighted by molar-refractivity contribution is 7.80. The van der Waals surface area contributed by atoms with E-state index in [0.29, 0.717) is 4.99 Å². The summed E-state index contributed by atoms with van der Waals surface area (Å²) >= 11 is 4.93. The smallest absolute Gasteiger partial charge is 0.120 e. The Hall–Kier alpha value is -0.930. The molecule has 0 aliphatic heterocycles. The average Bonchev–Trinajstić information content (AvgIpc) is 2.05. The van der Waals surface area contributed by atoms with E-state index in [1.165, 1.54) is 5.56 Å². The van der Waals surface area contributed by atoms with E-state index in [1.54, 1.807) is 0 Å². The number of thiocarbonyl (C=S) groups is 1. The molecule has 2 nitrogen and oxygen atoms in total. The Morgan fingerprint density at radius 2 is 1.91 bits per heavy atom. The van der Waals surface area contributed by atoms with Crippen molar-refractivity contribution in [3.05, 3.63) is 35.4 Å². The van der Waals surface area contributed by atoms with Gasteiger partial charge in [0.15, 0.2) is 0 Å². The predicted molar refractivity (Wildman–Crippen MR) is 50.2 cm³/mol. The van der Waals surface area contributed by atoms with Crippen LogP contribution < -0.4 is 11.3 Å². The molecular formula is C8H10N2S. The van der Waals surface area contributed by atoms with Crippen LogP contribution in [-0.2, 0) is 0 Å². The highest BCUT2D eigenvalue weighted by Gasteiger charge is 1.95. The summed E-state index contributed by atoms with van der Waals surface area (Å²) in [6, 6.07) is 7.88. The molecule has 3 N–H and O–H groups in total. The largest absolute Gasteiger partial charge is 0.314 e. The van der Waals surface area contributed by atoms with E-state index in [1.807, 2.05) is 31.2 Å². The number of aryl methyl sites for hydroxylation is 1. The minimum atomic E-state index is 0.574. The van der Waals surface area contributed by atoms with Crippen molar-refractivity contribution in [2.24, 2.45) is 5.84 Å². The number of hydrazine groups is 1. The second-order valence-electron chi connectivity index (χ2n) is 2.34. The summed E-state index contributed by atoms with van der Waals surface area (Å²) in [5.74, 6) is 5.15. The van der Waals surface area contributed by atoms with Crippen molar-refractivity contribution in [3.63, 3.8) is 0 Å². The number of nitrogens with two attached hydrogens (primary N) is 1. The molecule has 1 rings (SSSR count). The van der Waals surface area contributed by atoms with Gasteiger partial charge in [-0.25, -0.2) is 5.84 Å². The maximum atomic E-state index is 5.15. The van der Waals surface area contributed by atoms with E-state index in [-0.39, 0.29) is 0 Å². The Morgan fingerprint density at radius 1 is 1.36 bits per heavy atom. The number of benzene rings is 1. The van der Waals surface area contributed by atoms with Crippen LogP contribution in [0.4, 0.5) is 0 Å². The predicted octanol–water partition coefficient (Wildman–Crippen LogP) is 1.13. The first-order valence-electron chi connectivity index (χ1n) is 3.31. The molecule has 0 spiro atoms. The third kappa shape index (κ3) is 2.00. The van der Waals surface area contributed by atoms with Gasteiger partial charge in [-0.05, 0) is 6.92 Å². The van der Waals surface area contributed by atoms with Gasteiger partial charge in [0.1, 0.15) is 4.99 Å². The highest BCUT2D eigenvalue weighted by atomic mass is 32.1. The zero-order chi connectivity index (χ0) is 8.27. The fraction of sp³-hybridized carbons (Fsp3) is 0.125. The van der Waals surface area contributed by atoms with Crippen molar-refractivity contribution in [2.45, 2.75) is 6.92 Å². The van der Waals surface area contributed by atoms with E-state index in [9.17, 15) is 0 Å². The Bertz CT molecular complexity index is 253. The second-order valence-corrected chi connectivity index (χ2v) is 2.75. The minimum Gasteiger partial charge on any atom is -0.314 e. The molecule has 11 heavy (non-hydrogen) atoms. The molecule has 0 aromatic heterocycles. The lowest BCUT2D eigenvalue weighted by Crippen LogP contribution is -2.28. The standard InChI is InChI=1S/C8H10N2S/c1-6-2-4-7(5-3-6)8(11)10-9/h2-5H,9H2,1H3,(H,10,11). The summed E-state index contributed by atoms with van der Waals surface area (Å²) in [5.41, 5.74) is 4.60. The van der Waals surface area contributed by atoms with Crippen LogP contribution in [0, 0.1) is 6.92 Å². The van der Waals surface area contributed by atoms with Gasteiger partial charge in [-0.2, -0.15) is 0 Å². The number of nitrogens with one attached hydrogen (secondary N) is 1. The van der Waals surface area contributed by atoms with Crippen molar-refractivity contribution in [1.82, 2.24) is 5.43 Å². The normalized spacial score (nSPS) is 9.27. The van der Waals surface area contributed by atoms with E-state index in [4.69, 9.17) is 18.1 Å². The molecule has 0 bridgehead atoms. The van der Waals surface area contributed by atoms with Gasteiger partial charge in [-0.3, -0.25) is 0 Å². The summed E-state index contributed by atoms with van der Waals surface area (Å²) in [4.78, 5) is 0.574. The van der Waals surface area contributed by atoms with Gasteiger partial charge in [0.05, 0.1) is 0 Å². The molecule has 0 fully saturated rings. The summed E-state index contributed by atoms with van der Waals surface area (Å²) in [7, 11) is 0. The van der Waals surface area contributed by atoms with Gasteiger partial charge in [0.2, 0.25) is 0 Å². The molecule has 0 saturated heterocycles. The maximum absolute atomic E-state index is 5.15. The number of hydrogen-bond donors (Lipinski definition) is 2. The van der Waals surface area contributed by atoms with Crippen molar-refractivity contribution >= 4 is 17.2 Å². The average molecular weight is 166 g/mol. The fourth-order valence-electron chi connectivity index (χ4n) is 0.788. The molecule has 0 amide bonds. The Labute approximate surface area is 71.4 Å². The fourth-order valence-corrected chi connectivity index (χ4v) is 0.924. The van der Waals surface area contributed by atoms with E-state index < -0.39 is 0 Å². The Morgan fingerprint density at radius 3 is 2.36 bits per heavy atom. The van der Waals surface area contributed by atoms with Gasteiger partial charge in [0, 0.05) is 5.56 Å². The van der Waals surface area contributed by atoms with Crippen LogP contribution in [0.15, 0.2) is 24.3 Å². The number of rotatable bonds is 1. The van der Waals surface area contributed by atoms with Crippen LogP contribution >= 0.6 is 12.2 Å². The van der Waals surface area contributed by atoms with Crippen molar-refractivity contribution < 1.29 is 0 Å². The zero-order valence-electron chi connectivity index (χ0n) is 6.29. The molecule has 1 aromatic rings. The minimum absolute atomic E-state index is 0.574. The lowest BCUT2D eigenvalue weighted by Gasteiger charge is -2.01. The topological polar surface area (TPSA) is 38.0 Å². The molecule has 0 heterocycles. The quantitative estimate of drug-likeness (QED) is 0.373. The van der Waals surface area contributed by atoms with Gasteiger partial charge in [-0.1, -0.05) is 42.0 Å². The van der Waals surface area contributed by atoms with Gasteiger partial charge >= 0.3 is 0 Å². The molecule has 0 aliphatic carbocycles. The summed E-state index contributed by atoms with van der Waals surface area (Å²) in [5, 5.41) is 0. The van der Waals surface area contributed by atoms with Crippen LogP contribution in [0.5, 0.6) is 0 Å². The first-order valence-corrected chi connectivity index (χ1v) is 3.72.